The third-order valence-electron chi connectivity index (χ3n) is 2.59. The predicted octanol–water partition coefficient (Wildman–Crippen LogP) is 2.19. The second kappa shape index (κ2) is 4.36. The first kappa shape index (κ1) is 12.9. The van der Waals surface area contributed by atoms with Crippen molar-refractivity contribution in [1.82, 2.24) is 0 Å². The topological polar surface area (TPSA) is 89.5 Å². The predicted molar refractivity (Wildman–Crippen MR) is 63.6 cm³/mol. The zero-order valence-electron chi connectivity index (χ0n) is 10.1. The van der Waals surface area contributed by atoms with Gasteiger partial charge in [-0.2, -0.15) is 0 Å². The molecule has 0 aliphatic heterocycles. The largest absolute Gasteiger partial charge is 0.377 e. The molecule has 17 heavy (non-hydrogen) atoms. The molecular formula is C10H13N3O4. The Hall–Kier alpha value is -2.18. The molecule has 0 spiro atoms. The highest BCUT2D eigenvalue weighted by Gasteiger charge is 2.26. The van der Waals surface area contributed by atoms with Crippen molar-refractivity contribution in [2.45, 2.75) is 13.8 Å². The van der Waals surface area contributed by atoms with Crippen molar-refractivity contribution in [3.63, 3.8) is 0 Å². The first-order valence-electron chi connectivity index (χ1n) is 4.87. The van der Waals surface area contributed by atoms with Crippen LogP contribution in [0.4, 0.5) is 17.1 Å². The van der Waals surface area contributed by atoms with E-state index in [0.717, 1.165) is 6.07 Å². The molecule has 0 unspecified atom stereocenters. The van der Waals surface area contributed by atoms with E-state index in [1.54, 1.807) is 32.8 Å². The third-order valence-corrected chi connectivity index (χ3v) is 2.59. The van der Waals surface area contributed by atoms with Gasteiger partial charge in [-0.3, -0.25) is 20.2 Å². The Bertz CT molecular complexity index is 459. The minimum Gasteiger partial charge on any atom is -0.377 e. The number of nitro groups is 2. The van der Waals surface area contributed by atoms with E-state index in [4.69, 9.17) is 0 Å². The average Bonchev–Trinajstić information content (AvgIpc) is 2.15. The summed E-state index contributed by atoms with van der Waals surface area (Å²) in [5, 5.41) is 21.7. The molecule has 1 rings (SSSR count). The van der Waals surface area contributed by atoms with E-state index < -0.39 is 9.85 Å². The number of anilines is 1. The minimum absolute atomic E-state index is 0.231. The summed E-state index contributed by atoms with van der Waals surface area (Å²) in [6.45, 7) is 3.17. The molecule has 7 nitrogen and oxygen atoms in total. The van der Waals surface area contributed by atoms with Gasteiger partial charge in [-0.05, 0) is 13.8 Å². The lowest BCUT2D eigenvalue weighted by Crippen LogP contribution is -2.14. The fourth-order valence-corrected chi connectivity index (χ4v) is 1.92. The summed E-state index contributed by atoms with van der Waals surface area (Å²) in [4.78, 5) is 22.1. The minimum atomic E-state index is -0.602. The van der Waals surface area contributed by atoms with Crippen LogP contribution in [-0.2, 0) is 0 Å². The number of hydrogen-bond donors (Lipinski definition) is 0. The van der Waals surface area contributed by atoms with Crippen molar-refractivity contribution in [3.05, 3.63) is 37.4 Å². The summed E-state index contributed by atoms with van der Waals surface area (Å²) in [6.07, 6.45) is 0. The summed E-state index contributed by atoms with van der Waals surface area (Å²) in [5.74, 6) is 0. The molecule has 0 saturated heterocycles. The number of nitrogens with zero attached hydrogens (tertiary/aromatic N) is 3. The van der Waals surface area contributed by atoms with Gasteiger partial charge >= 0.3 is 0 Å². The van der Waals surface area contributed by atoms with Crippen LogP contribution in [0.15, 0.2) is 6.07 Å². The van der Waals surface area contributed by atoms with Gasteiger partial charge in [0.05, 0.1) is 32.7 Å². The highest BCUT2D eigenvalue weighted by Crippen LogP contribution is 2.37. The normalized spacial score (nSPS) is 10.1. The van der Waals surface area contributed by atoms with Crippen molar-refractivity contribution in [3.8, 4) is 0 Å². The van der Waals surface area contributed by atoms with Crippen LogP contribution < -0.4 is 4.90 Å². The Balaban J connectivity index is 3.69. The van der Waals surface area contributed by atoms with Crippen LogP contribution >= 0.6 is 0 Å². The second-order valence-electron chi connectivity index (χ2n) is 3.92. The van der Waals surface area contributed by atoms with Gasteiger partial charge in [0.15, 0.2) is 0 Å². The fourth-order valence-electron chi connectivity index (χ4n) is 1.92. The molecule has 92 valence electrons. The van der Waals surface area contributed by atoms with Crippen LogP contribution in [0, 0.1) is 34.1 Å². The molecule has 0 fully saturated rings. The van der Waals surface area contributed by atoms with Crippen molar-refractivity contribution >= 4 is 17.1 Å². The Labute approximate surface area is 98.0 Å². The number of benzene rings is 1. The van der Waals surface area contributed by atoms with Crippen LogP contribution in [0.25, 0.3) is 0 Å². The van der Waals surface area contributed by atoms with Crippen LogP contribution in [-0.4, -0.2) is 23.9 Å². The average molecular weight is 239 g/mol. The monoisotopic (exact) mass is 239 g/mol. The molecule has 1 aromatic rings. The molecule has 0 saturated carbocycles. The Kier molecular flexibility index (Phi) is 3.31. The van der Waals surface area contributed by atoms with Gasteiger partial charge < -0.3 is 4.90 Å². The molecule has 0 amide bonds. The first-order chi connectivity index (χ1) is 7.77. The summed E-state index contributed by atoms with van der Waals surface area (Å²) >= 11 is 0. The Morgan fingerprint density at radius 3 is 1.59 bits per heavy atom. The zero-order valence-corrected chi connectivity index (χ0v) is 10.1. The maximum absolute atomic E-state index is 10.8. The van der Waals surface area contributed by atoms with Gasteiger partial charge in [-0.25, -0.2) is 0 Å². The fraction of sp³-hybridized carbons (Fsp3) is 0.400. The van der Waals surface area contributed by atoms with Crippen LogP contribution in [0.3, 0.4) is 0 Å². The van der Waals surface area contributed by atoms with E-state index in [1.807, 2.05) is 0 Å². The molecule has 0 radical (unpaired) electrons. The van der Waals surface area contributed by atoms with E-state index >= 15 is 0 Å². The van der Waals surface area contributed by atoms with Gasteiger partial charge in [0, 0.05) is 14.1 Å². The highest BCUT2D eigenvalue weighted by atomic mass is 16.6. The molecule has 7 heteroatoms. The lowest BCUT2D eigenvalue weighted by molar-refractivity contribution is -0.394. The van der Waals surface area contributed by atoms with E-state index in [0.29, 0.717) is 16.8 Å². The molecule has 0 aliphatic rings. The molecule has 0 N–H and O–H groups in total. The van der Waals surface area contributed by atoms with E-state index in [-0.39, 0.29) is 11.4 Å². The quantitative estimate of drug-likeness (QED) is 0.595. The zero-order chi connectivity index (χ0) is 13.3. The number of hydrogen-bond acceptors (Lipinski definition) is 5. The summed E-state index contributed by atoms with van der Waals surface area (Å²) < 4.78 is 0. The molecule has 1 aromatic carbocycles. The molecule has 0 bridgehead atoms. The van der Waals surface area contributed by atoms with Crippen LogP contribution in [0.1, 0.15) is 11.1 Å². The maximum Gasteiger partial charge on any atom is 0.281 e. The van der Waals surface area contributed by atoms with Crippen LogP contribution in [0.2, 0.25) is 0 Å². The lowest BCUT2D eigenvalue weighted by Gasteiger charge is -2.18. The van der Waals surface area contributed by atoms with Gasteiger partial charge in [-0.1, -0.05) is 0 Å². The third kappa shape index (κ3) is 2.17. The van der Waals surface area contributed by atoms with E-state index in [9.17, 15) is 20.2 Å². The Morgan fingerprint density at radius 1 is 1.00 bits per heavy atom. The molecule has 0 aliphatic carbocycles. The van der Waals surface area contributed by atoms with Crippen molar-refractivity contribution in [1.29, 1.82) is 0 Å². The molecule has 0 heterocycles. The standard InChI is InChI=1S/C10H13N3O4/c1-6-8(12(14)15)5-9(13(16)17)7(2)10(6)11(3)4/h5H,1-4H3. The van der Waals surface area contributed by atoms with Gasteiger partial charge in [0.25, 0.3) is 11.4 Å². The summed E-state index contributed by atoms with van der Waals surface area (Å²) in [5.41, 5.74) is 0.925. The highest BCUT2D eigenvalue weighted by molar-refractivity contribution is 5.71. The first-order valence-corrected chi connectivity index (χ1v) is 4.87. The number of nitro benzene ring substituents is 2. The maximum atomic E-state index is 10.8. The van der Waals surface area contributed by atoms with Crippen molar-refractivity contribution in [2.75, 3.05) is 19.0 Å². The van der Waals surface area contributed by atoms with E-state index in [1.165, 1.54) is 0 Å². The van der Waals surface area contributed by atoms with Crippen molar-refractivity contribution in [2.24, 2.45) is 0 Å². The molecular weight excluding hydrogens is 226 g/mol. The summed E-state index contributed by atoms with van der Waals surface area (Å²) in [7, 11) is 3.39. The summed E-state index contributed by atoms with van der Waals surface area (Å²) in [6, 6.07) is 1.01. The number of rotatable bonds is 3. The Morgan fingerprint density at radius 2 is 1.35 bits per heavy atom. The molecule has 0 aromatic heterocycles. The SMILES string of the molecule is Cc1c([N+](=O)[O-])cc([N+](=O)[O-])c(C)c1N(C)C. The van der Waals surface area contributed by atoms with E-state index in [2.05, 4.69) is 0 Å². The van der Waals surface area contributed by atoms with Gasteiger partial charge in [0.2, 0.25) is 0 Å². The smallest absolute Gasteiger partial charge is 0.281 e. The van der Waals surface area contributed by atoms with Crippen LogP contribution in [0.5, 0.6) is 0 Å². The molecule has 0 atom stereocenters. The van der Waals surface area contributed by atoms with Gasteiger partial charge in [-0.15, -0.1) is 0 Å². The second-order valence-corrected chi connectivity index (χ2v) is 3.92. The van der Waals surface area contributed by atoms with Crippen molar-refractivity contribution < 1.29 is 9.85 Å². The lowest BCUT2D eigenvalue weighted by atomic mass is 10.0. The van der Waals surface area contributed by atoms with Gasteiger partial charge in [0.1, 0.15) is 0 Å².